The number of nitrogens with zero attached hydrogens (tertiary/aromatic N) is 4. The Hall–Kier alpha value is -2.45. The second-order valence-corrected chi connectivity index (χ2v) is 19.0. The van der Waals surface area contributed by atoms with Gasteiger partial charge in [0.1, 0.15) is 12.6 Å². The number of hydrogen-bond acceptors (Lipinski definition) is 4. The summed E-state index contributed by atoms with van der Waals surface area (Å²) in [5.74, 6) is 3.15. The molecular weight excluding hydrogens is 492 g/mol. The lowest BCUT2D eigenvalue weighted by Gasteiger charge is -2.32. The van der Waals surface area contributed by atoms with Gasteiger partial charge in [-0.15, -0.1) is 0 Å². The summed E-state index contributed by atoms with van der Waals surface area (Å²) in [7, 11) is -1.25. The molecule has 2 heterocycles. The van der Waals surface area contributed by atoms with Crippen molar-refractivity contribution in [1.29, 1.82) is 0 Å². The maximum Gasteiger partial charge on any atom is 0.333 e. The Morgan fingerprint density at radius 1 is 1.00 bits per heavy atom. The van der Waals surface area contributed by atoms with E-state index in [4.69, 9.17) is 9.72 Å². The first kappa shape index (κ1) is 25.8. The van der Waals surface area contributed by atoms with Gasteiger partial charge in [-0.05, 0) is 67.9 Å². The van der Waals surface area contributed by atoms with E-state index >= 15 is 0 Å². The first-order valence-corrected chi connectivity index (χ1v) is 18.3. The fraction of sp³-hybridized carbons (Fsp3) is 0.633. The van der Waals surface area contributed by atoms with E-state index in [-0.39, 0.29) is 16.7 Å². The summed E-state index contributed by atoms with van der Waals surface area (Å²) in [4.78, 5) is 33.0. The third kappa shape index (κ3) is 4.33. The van der Waals surface area contributed by atoms with Gasteiger partial charge in [-0.3, -0.25) is 18.5 Å². The Morgan fingerprint density at radius 3 is 2.37 bits per heavy atom. The summed E-state index contributed by atoms with van der Waals surface area (Å²) < 4.78 is 11.6. The maximum absolute atomic E-state index is 14.0. The highest BCUT2D eigenvalue weighted by molar-refractivity contribution is 6.76. The minimum absolute atomic E-state index is 0.00436. The Kier molecular flexibility index (Phi) is 6.54. The maximum atomic E-state index is 14.0. The van der Waals surface area contributed by atoms with E-state index in [1.165, 1.54) is 23.8 Å². The number of fused-ring (bicyclic) bond motifs is 1. The van der Waals surface area contributed by atoms with Gasteiger partial charge in [0.15, 0.2) is 11.2 Å². The lowest BCUT2D eigenvalue weighted by atomic mass is 9.75. The highest BCUT2D eigenvalue weighted by atomic mass is 28.3. The molecule has 0 N–H and O–H groups in total. The molecule has 38 heavy (non-hydrogen) atoms. The van der Waals surface area contributed by atoms with Gasteiger partial charge in [-0.1, -0.05) is 56.9 Å². The first-order chi connectivity index (χ1) is 18.2. The highest BCUT2D eigenvalue weighted by Crippen LogP contribution is 2.65. The average Bonchev–Trinajstić information content (AvgIpc) is 3.46. The van der Waals surface area contributed by atoms with Crippen LogP contribution in [0.1, 0.15) is 56.8 Å². The third-order valence-electron chi connectivity index (χ3n) is 9.40. The van der Waals surface area contributed by atoms with Crippen LogP contribution in [0, 0.1) is 17.8 Å². The molecule has 4 aliphatic rings. The van der Waals surface area contributed by atoms with E-state index in [9.17, 15) is 9.59 Å². The molecule has 2 aromatic heterocycles. The van der Waals surface area contributed by atoms with Crippen LogP contribution in [0.4, 0.5) is 0 Å². The third-order valence-corrected chi connectivity index (χ3v) is 11.1. The van der Waals surface area contributed by atoms with Crippen molar-refractivity contribution in [3.05, 3.63) is 62.6 Å². The Bertz CT molecular complexity index is 1430. The number of hydrogen-bond donors (Lipinski definition) is 0. The summed E-state index contributed by atoms with van der Waals surface area (Å²) in [6.45, 7) is 10.9. The zero-order valence-electron chi connectivity index (χ0n) is 23.4. The predicted molar refractivity (Wildman–Crippen MR) is 153 cm³/mol. The molecular formula is C30H42N4O3Si. The molecule has 7 rings (SSSR count). The van der Waals surface area contributed by atoms with Crippen molar-refractivity contribution < 1.29 is 4.74 Å². The number of imidazole rings is 1. The van der Waals surface area contributed by atoms with E-state index in [0.29, 0.717) is 43.5 Å². The van der Waals surface area contributed by atoms with E-state index in [1.54, 1.807) is 4.57 Å². The smallest absolute Gasteiger partial charge is 0.333 e. The predicted octanol–water partition coefficient (Wildman–Crippen LogP) is 5.21. The van der Waals surface area contributed by atoms with Gasteiger partial charge in [0, 0.05) is 26.6 Å². The Labute approximate surface area is 225 Å². The molecule has 0 aliphatic heterocycles. The fourth-order valence-electron chi connectivity index (χ4n) is 7.82. The molecule has 0 spiro atoms. The van der Waals surface area contributed by atoms with Crippen molar-refractivity contribution in [2.24, 2.45) is 17.8 Å². The Morgan fingerprint density at radius 2 is 1.71 bits per heavy atom. The van der Waals surface area contributed by atoms with Crippen LogP contribution in [0.2, 0.25) is 25.7 Å². The van der Waals surface area contributed by atoms with Crippen LogP contribution in [-0.4, -0.2) is 33.4 Å². The molecule has 0 radical (unpaired) electrons. The summed E-state index contributed by atoms with van der Waals surface area (Å²) in [5, 5.41) is 0. The SMILES string of the molecule is CCCn1c(=O)c2c(nc(C34CC5CC(CC3C5)C4)n2COCC[Si](C)(C)C)n(Cc2ccccc2)c1=O. The second-order valence-electron chi connectivity index (χ2n) is 13.4. The molecule has 3 aromatic rings. The number of aromatic nitrogens is 4. The quantitative estimate of drug-likeness (QED) is 0.265. The van der Waals surface area contributed by atoms with E-state index in [1.807, 2.05) is 37.3 Å². The molecule has 0 saturated heterocycles. The zero-order chi connectivity index (χ0) is 26.7. The molecule has 7 nitrogen and oxygen atoms in total. The average molecular weight is 535 g/mol. The van der Waals surface area contributed by atoms with Gasteiger partial charge in [0.25, 0.3) is 5.56 Å². The summed E-state index contributed by atoms with van der Waals surface area (Å²) >= 11 is 0. The highest BCUT2D eigenvalue weighted by Gasteiger charge is 2.60. The van der Waals surface area contributed by atoms with Crippen molar-refractivity contribution in [3.8, 4) is 0 Å². The van der Waals surface area contributed by atoms with Crippen molar-refractivity contribution in [3.63, 3.8) is 0 Å². The summed E-state index contributed by atoms with van der Waals surface area (Å²) in [5.41, 5.74) is 1.61. The van der Waals surface area contributed by atoms with Crippen LogP contribution in [-0.2, 0) is 30.0 Å². The molecule has 8 heteroatoms. The van der Waals surface area contributed by atoms with E-state index in [2.05, 4.69) is 24.2 Å². The van der Waals surface area contributed by atoms with E-state index < -0.39 is 8.07 Å². The summed E-state index contributed by atoms with van der Waals surface area (Å²) in [6.07, 6.45) is 6.90. The minimum Gasteiger partial charge on any atom is -0.361 e. The van der Waals surface area contributed by atoms with Crippen LogP contribution in [0.25, 0.3) is 11.2 Å². The molecule has 4 fully saturated rings. The second kappa shape index (κ2) is 9.63. The molecule has 204 valence electrons. The van der Waals surface area contributed by atoms with Crippen LogP contribution in [0.5, 0.6) is 0 Å². The standard InChI is InChI=1S/C30H42N4O3Si/c1-5-11-32-27(35)25-26(33(29(32)36)19-21-9-7-6-8-10-21)31-28(34(25)20-37-12-13-38(2,3)4)30-17-22-14-23(18-30)16-24(30)15-22/h6-10,22-24H,5,11-20H2,1-4H3. The molecule has 1 aromatic carbocycles. The van der Waals surface area contributed by atoms with Crippen LogP contribution >= 0.6 is 0 Å². The van der Waals surface area contributed by atoms with Gasteiger partial charge in [-0.25, -0.2) is 9.78 Å². The Balaban J connectivity index is 1.53. The van der Waals surface area contributed by atoms with Gasteiger partial charge < -0.3 is 4.74 Å². The molecule has 2 unspecified atom stereocenters. The van der Waals surface area contributed by atoms with Crippen LogP contribution in [0.15, 0.2) is 39.9 Å². The van der Waals surface area contributed by atoms with Crippen molar-refractivity contribution in [2.75, 3.05) is 6.61 Å². The lowest BCUT2D eigenvalue weighted by molar-refractivity contribution is 0.0830. The number of rotatable bonds is 10. The zero-order valence-corrected chi connectivity index (χ0v) is 24.4. The molecule has 4 bridgehead atoms. The number of benzene rings is 1. The van der Waals surface area contributed by atoms with Gasteiger partial charge >= 0.3 is 5.69 Å². The number of ether oxygens (including phenoxy) is 1. The molecule has 4 saturated carbocycles. The van der Waals surface area contributed by atoms with Gasteiger partial charge in [-0.2, -0.15) is 0 Å². The molecule has 0 amide bonds. The molecule has 2 atom stereocenters. The largest absolute Gasteiger partial charge is 0.361 e. The van der Waals surface area contributed by atoms with Crippen molar-refractivity contribution in [1.82, 2.24) is 18.7 Å². The normalized spacial score (nSPS) is 26.2. The van der Waals surface area contributed by atoms with Crippen LogP contribution in [0.3, 0.4) is 0 Å². The van der Waals surface area contributed by atoms with Gasteiger partial charge in [0.2, 0.25) is 0 Å². The fourth-order valence-corrected chi connectivity index (χ4v) is 8.58. The minimum atomic E-state index is -1.25. The monoisotopic (exact) mass is 534 g/mol. The first-order valence-electron chi connectivity index (χ1n) is 14.6. The topological polar surface area (TPSA) is 71.0 Å². The summed E-state index contributed by atoms with van der Waals surface area (Å²) in [6, 6.07) is 11.1. The van der Waals surface area contributed by atoms with Crippen LogP contribution < -0.4 is 11.2 Å². The van der Waals surface area contributed by atoms with Crippen molar-refractivity contribution in [2.45, 2.75) is 96.4 Å². The van der Waals surface area contributed by atoms with E-state index in [0.717, 1.165) is 48.5 Å². The lowest BCUT2D eigenvalue weighted by Crippen LogP contribution is -2.41. The van der Waals surface area contributed by atoms with Gasteiger partial charge in [0.05, 0.1) is 6.54 Å². The molecule has 4 aliphatic carbocycles. The van der Waals surface area contributed by atoms with Crippen molar-refractivity contribution >= 4 is 19.2 Å².